The molecular formula is C27H28N2O6. The van der Waals surface area contributed by atoms with Crippen molar-refractivity contribution in [3.8, 4) is 28.7 Å². The lowest BCUT2D eigenvalue weighted by atomic mass is 10.1. The SMILES string of the molecule is COc1cc(/C=C/c2cc(O)c(OC)c(NC(=O)/C=C/c3cccc(N)c3)c2)cc(OC)c1OC. The van der Waals surface area contributed by atoms with Gasteiger partial charge >= 0.3 is 0 Å². The van der Waals surface area contributed by atoms with Crippen LogP contribution in [0.4, 0.5) is 11.4 Å². The Hall–Kier alpha value is -4.59. The molecule has 0 fully saturated rings. The van der Waals surface area contributed by atoms with Crippen LogP contribution in [0.1, 0.15) is 16.7 Å². The van der Waals surface area contributed by atoms with E-state index in [1.165, 1.54) is 26.4 Å². The molecule has 35 heavy (non-hydrogen) atoms. The Morgan fingerprint density at radius 3 is 2.00 bits per heavy atom. The molecule has 0 aliphatic heterocycles. The number of nitrogen functional groups attached to an aromatic ring is 1. The summed E-state index contributed by atoms with van der Waals surface area (Å²) in [7, 11) is 6.04. The second kappa shape index (κ2) is 11.5. The number of anilines is 2. The predicted molar refractivity (Wildman–Crippen MR) is 138 cm³/mol. The first-order chi connectivity index (χ1) is 16.9. The Kier molecular flexibility index (Phi) is 8.24. The predicted octanol–water partition coefficient (Wildman–Crippen LogP) is 4.83. The second-order valence-electron chi connectivity index (χ2n) is 7.41. The number of phenols is 1. The van der Waals surface area contributed by atoms with Crippen molar-refractivity contribution in [3.05, 3.63) is 71.3 Å². The lowest BCUT2D eigenvalue weighted by molar-refractivity contribution is -0.111. The number of benzene rings is 3. The summed E-state index contributed by atoms with van der Waals surface area (Å²) in [6.45, 7) is 0. The molecule has 8 heteroatoms. The number of nitrogens with two attached hydrogens (primary N) is 1. The van der Waals surface area contributed by atoms with Crippen molar-refractivity contribution in [3.63, 3.8) is 0 Å². The van der Waals surface area contributed by atoms with Gasteiger partial charge in [-0.3, -0.25) is 4.79 Å². The van der Waals surface area contributed by atoms with Gasteiger partial charge in [0.2, 0.25) is 11.7 Å². The molecule has 8 nitrogen and oxygen atoms in total. The highest BCUT2D eigenvalue weighted by Crippen LogP contribution is 2.39. The number of aromatic hydroxyl groups is 1. The van der Waals surface area contributed by atoms with E-state index in [0.29, 0.717) is 34.2 Å². The minimum absolute atomic E-state index is 0.116. The third-order valence-corrected chi connectivity index (χ3v) is 5.05. The summed E-state index contributed by atoms with van der Waals surface area (Å²) in [6, 6.07) is 14.0. The molecule has 0 radical (unpaired) electrons. The van der Waals surface area contributed by atoms with E-state index in [-0.39, 0.29) is 11.5 Å². The number of methoxy groups -OCH3 is 4. The van der Waals surface area contributed by atoms with E-state index in [1.54, 1.807) is 62.8 Å². The number of hydrogen-bond acceptors (Lipinski definition) is 7. The molecule has 0 saturated heterocycles. The van der Waals surface area contributed by atoms with Gasteiger partial charge in [0.15, 0.2) is 23.0 Å². The largest absolute Gasteiger partial charge is 0.504 e. The van der Waals surface area contributed by atoms with Crippen LogP contribution in [0.2, 0.25) is 0 Å². The zero-order valence-corrected chi connectivity index (χ0v) is 20.0. The van der Waals surface area contributed by atoms with E-state index < -0.39 is 5.91 Å². The number of ether oxygens (including phenoxy) is 4. The first-order valence-corrected chi connectivity index (χ1v) is 10.6. The van der Waals surface area contributed by atoms with Gasteiger partial charge in [-0.25, -0.2) is 0 Å². The summed E-state index contributed by atoms with van der Waals surface area (Å²) in [4.78, 5) is 12.5. The Morgan fingerprint density at radius 1 is 0.800 bits per heavy atom. The van der Waals surface area contributed by atoms with Gasteiger partial charge in [0, 0.05) is 11.8 Å². The third-order valence-electron chi connectivity index (χ3n) is 5.05. The molecule has 182 valence electrons. The van der Waals surface area contributed by atoms with E-state index in [9.17, 15) is 9.90 Å². The number of amides is 1. The van der Waals surface area contributed by atoms with Crippen molar-refractivity contribution in [2.75, 3.05) is 39.5 Å². The first-order valence-electron chi connectivity index (χ1n) is 10.6. The van der Waals surface area contributed by atoms with Crippen LogP contribution in [0.5, 0.6) is 28.7 Å². The summed E-state index contributed by atoms with van der Waals surface area (Å²) in [5.41, 5.74) is 8.90. The molecule has 3 aromatic rings. The molecule has 0 spiro atoms. The molecule has 0 atom stereocenters. The van der Waals surface area contributed by atoms with E-state index >= 15 is 0 Å². The molecule has 3 aromatic carbocycles. The van der Waals surface area contributed by atoms with Crippen LogP contribution < -0.4 is 30.0 Å². The lowest BCUT2D eigenvalue weighted by Gasteiger charge is -2.13. The van der Waals surface area contributed by atoms with Crippen molar-refractivity contribution >= 4 is 35.5 Å². The van der Waals surface area contributed by atoms with Crippen LogP contribution in [-0.4, -0.2) is 39.5 Å². The topological polar surface area (TPSA) is 112 Å². The molecule has 4 N–H and O–H groups in total. The van der Waals surface area contributed by atoms with Crippen LogP contribution in [0.15, 0.2) is 54.6 Å². The zero-order valence-electron chi connectivity index (χ0n) is 20.0. The third kappa shape index (κ3) is 6.26. The summed E-state index contributed by atoms with van der Waals surface area (Å²) in [5.74, 6) is 1.17. The van der Waals surface area contributed by atoms with Crippen LogP contribution in [0, 0.1) is 0 Å². The molecule has 0 aromatic heterocycles. The number of hydrogen-bond donors (Lipinski definition) is 3. The number of rotatable bonds is 9. The summed E-state index contributed by atoms with van der Waals surface area (Å²) in [6.07, 6.45) is 6.62. The average Bonchev–Trinajstić information content (AvgIpc) is 2.85. The number of phenolic OH excluding ortho intramolecular Hbond substituents is 1. The van der Waals surface area contributed by atoms with Gasteiger partial charge in [-0.2, -0.15) is 0 Å². The minimum Gasteiger partial charge on any atom is -0.504 e. The maximum absolute atomic E-state index is 12.5. The Morgan fingerprint density at radius 2 is 1.43 bits per heavy atom. The van der Waals surface area contributed by atoms with Crippen molar-refractivity contribution in [1.82, 2.24) is 0 Å². The normalized spacial score (nSPS) is 11.0. The van der Waals surface area contributed by atoms with Gasteiger partial charge in [0.1, 0.15) is 0 Å². The lowest BCUT2D eigenvalue weighted by Crippen LogP contribution is -2.09. The van der Waals surface area contributed by atoms with Gasteiger partial charge in [-0.05, 0) is 59.2 Å². The maximum atomic E-state index is 12.5. The first kappa shape index (κ1) is 25.0. The van der Waals surface area contributed by atoms with E-state index in [0.717, 1.165) is 11.1 Å². The molecule has 0 saturated carbocycles. The van der Waals surface area contributed by atoms with Gasteiger partial charge in [0.05, 0.1) is 34.1 Å². The van der Waals surface area contributed by atoms with E-state index in [2.05, 4.69) is 5.32 Å². The molecule has 0 aliphatic rings. The fourth-order valence-corrected chi connectivity index (χ4v) is 3.44. The number of nitrogens with one attached hydrogen (secondary N) is 1. The van der Waals surface area contributed by atoms with Crippen molar-refractivity contribution in [2.24, 2.45) is 0 Å². The highest BCUT2D eigenvalue weighted by atomic mass is 16.5. The van der Waals surface area contributed by atoms with Gasteiger partial charge in [0.25, 0.3) is 0 Å². The molecule has 0 bridgehead atoms. The van der Waals surface area contributed by atoms with E-state index in [1.807, 2.05) is 12.1 Å². The molecular weight excluding hydrogens is 448 g/mol. The van der Waals surface area contributed by atoms with Crippen LogP contribution in [-0.2, 0) is 4.79 Å². The average molecular weight is 477 g/mol. The van der Waals surface area contributed by atoms with Crippen molar-refractivity contribution < 1.29 is 28.8 Å². The second-order valence-corrected chi connectivity index (χ2v) is 7.41. The Bertz CT molecular complexity index is 1240. The standard InChI is InChI=1S/C27H28N2O6/c1-32-23-15-19(16-24(33-2)27(23)35-4)9-8-18-13-21(26(34-3)22(30)14-18)29-25(31)11-10-17-6-5-7-20(28)12-17/h5-16,30H,28H2,1-4H3,(H,29,31)/b9-8+,11-10+. The number of carbonyl (C=O) groups excluding carboxylic acids is 1. The maximum Gasteiger partial charge on any atom is 0.248 e. The Balaban J connectivity index is 1.87. The summed E-state index contributed by atoms with van der Waals surface area (Å²) < 4.78 is 21.4. The molecule has 1 amide bonds. The fraction of sp³-hybridized carbons (Fsp3) is 0.148. The molecule has 0 aliphatic carbocycles. The molecule has 3 rings (SSSR count). The monoisotopic (exact) mass is 476 g/mol. The van der Waals surface area contributed by atoms with Crippen LogP contribution in [0.25, 0.3) is 18.2 Å². The summed E-state index contributed by atoms with van der Waals surface area (Å²) >= 11 is 0. The minimum atomic E-state index is -0.393. The van der Waals surface area contributed by atoms with Gasteiger partial charge < -0.3 is 35.1 Å². The quantitative estimate of drug-likeness (QED) is 0.230. The highest BCUT2D eigenvalue weighted by molar-refractivity contribution is 6.03. The van der Waals surface area contributed by atoms with Crippen LogP contribution in [0.3, 0.4) is 0 Å². The van der Waals surface area contributed by atoms with Crippen molar-refractivity contribution in [1.29, 1.82) is 0 Å². The van der Waals surface area contributed by atoms with Gasteiger partial charge in [-0.1, -0.05) is 24.3 Å². The highest BCUT2D eigenvalue weighted by Gasteiger charge is 2.14. The molecule has 0 unspecified atom stereocenters. The van der Waals surface area contributed by atoms with Crippen molar-refractivity contribution in [2.45, 2.75) is 0 Å². The fourth-order valence-electron chi connectivity index (χ4n) is 3.44. The smallest absolute Gasteiger partial charge is 0.248 e. The van der Waals surface area contributed by atoms with Crippen LogP contribution >= 0.6 is 0 Å². The van der Waals surface area contributed by atoms with E-state index in [4.69, 9.17) is 24.7 Å². The Labute approximate surface area is 204 Å². The molecule has 0 heterocycles. The zero-order chi connectivity index (χ0) is 25.4. The van der Waals surface area contributed by atoms with Gasteiger partial charge in [-0.15, -0.1) is 0 Å². The number of carbonyl (C=O) groups is 1. The summed E-state index contributed by atoms with van der Waals surface area (Å²) in [5, 5.41) is 13.2.